The third kappa shape index (κ3) is 5.02. The summed E-state index contributed by atoms with van der Waals surface area (Å²) in [4.78, 5) is 0. The molecule has 3 aromatic rings. The predicted molar refractivity (Wildman–Crippen MR) is 105 cm³/mol. The lowest BCUT2D eigenvalue weighted by Gasteiger charge is -2.13. The van der Waals surface area contributed by atoms with Crippen LogP contribution >= 0.6 is 0 Å². The third-order valence-corrected chi connectivity index (χ3v) is 4.09. The van der Waals surface area contributed by atoms with Crippen molar-refractivity contribution >= 4 is 5.69 Å². The number of nitrogens with one attached hydrogen (secondary N) is 2. The van der Waals surface area contributed by atoms with E-state index in [1.807, 2.05) is 42.5 Å². The molecule has 0 saturated heterocycles. The first-order valence-corrected chi connectivity index (χ1v) is 8.80. The maximum absolute atomic E-state index is 8.62. The molecule has 27 heavy (non-hydrogen) atoms. The van der Waals surface area contributed by atoms with Gasteiger partial charge in [0.15, 0.2) is 11.5 Å². The molecule has 6 nitrogen and oxygen atoms in total. The first-order chi connectivity index (χ1) is 13.3. The molecule has 2 aromatic carbocycles. The first-order valence-electron chi connectivity index (χ1n) is 8.80. The second kappa shape index (κ2) is 9.30. The van der Waals surface area contributed by atoms with Gasteiger partial charge in [0.05, 0.1) is 25.5 Å². The van der Waals surface area contributed by atoms with E-state index < -0.39 is 0 Å². The van der Waals surface area contributed by atoms with Gasteiger partial charge < -0.3 is 14.8 Å². The number of aromatic amines is 1. The summed E-state index contributed by atoms with van der Waals surface area (Å²) in [6.45, 7) is 1.15. The summed E-state index contributed by atoms with van der Waals surface area (Å²) in [5, 5.41) is 19.0. The molecule has 3 rings (SSSR count). The highest BCUT2D eigenvalue weighted by Gasteiger charge is 2.07. The fraction of sp³-hybridized carbons (Fsp3) is 0.238. The van der Waals surface area contributed by atoms with E-state index in [1.165, 1.54) is 0 Å². The number of unbranched alkanes of at least 4 members (excludes halogenated alkanes) is 1. The van der Waals surface area contributed by atoms with Crippen LogP contribution in [0.4, 0.5) is 5.69 Å². The molecule has 1 aromatic heterocycles. The lowest BCUT2D eigenvalue weighted by Crippen LogP contribution is -2.03. The fourth-order valence-corrected chi connectivity index (χ4v) is 2.69. The zero-order valence-corrected chi connectivity index (χ0v) is 15.2. The number of nitrogens with zero attached hydrogens (tertiary/aromatic N) is 2. The van der Waals surface area contributed by atoms with Crippen molar-refractivity contribution < 1.29 is 9.47 Å². The normalized spacial score (nSPS) is 10.2. The Morgan fingerprint density at radius 1 is 1.15 bits per heavy atom. The minimum Gasteiger partial charge on any atom is -0.493 e. The summed E-state index contributed by atoms with van der Waals surface area (Å²) < 4.78 is 11.1. The Balaban J connectivity index is 1.65. The van der Waals surface area contributed by atoms with Crippen molar-refractivity contribution in [2.24, 2.45) is 0 Å². The second-order valence-corrected chi connectivity index (χ2v) is 6.00. The van der Waals surface area contributed by atoms with Gasteiger partial charge in [-0.05, 0) is 42.3 Å². The number of hydrogen-bond donors (Lipinski definition) is 2. The summed E-state index contributed by atoms with van der Waals surface area (Å²) in [5.74, 6) is 1.39. The highest BCUT2D eigenvalue weighted by atomic mass is 16.5. The Morgan fingerprint density at radius 3 is 2.85 bits per heavy atom. The Morgan fingerprint density at radius 2 is 2.07 bits per heavy atom. The third-order valence-electron chi connectivity index (χ3n) is 4.09. The van der Waals surface area contributed by atoms with E-state index in [1.54, 1.807) is 13.3 Å². The van der Waals surface area contributed by atoms with Crippen molar-refractivity contribution in [2.45, 2.75) is 19.4 Å². The zero-order chi connectivity index (χ0) is 18.9. The maximum atomic E-state index is 8.62. The topological polar surface area (TPSA) is 83.0 Å². The van der Waals surface area contributed by atoms with Gasteiger partial charge in [-0.15, -0.1) is 0 Å². The summed E-state index contributed by atoms with van der Waals surface area (Å²) >= 11 is 0. The van der Waals surface area contributed by atoms with Crippen molar-refractivity contribution in [3.05, 3.63) is 60.3 Å². The highest BCUT2D eigenvalue weighted by Crippen LogP contribution is 2.29. The summed E-state index contributed by atoms with van der Waals surface area (Å²) in [6.07, 6.45) is 2.92. The zero-order valence-electron chi connectivity index (χ0n) is 15.2. The van der Waals surface area contributed by atoms with Gasteiger partial charge >= 0.3 is 0 Å². The van der Waals surface area contributed by atoms with Crippen LogP contribution in [0.2, 0.25) is 0 Å². The van der Waals surface area contributed by atoms with Crippen LogP contribution in [0.15, 0.2) is 54.7 Å². The smallest absolute Gasteiger partial charge is 0.161 e. The van der Waals surface area contributed by atoms with Crippen LogP contribution in [-0.2, 0) is 6.54 Å². The molecule has 0 atom stereocenters. The Hall–Kier alpha value is -3.46. The number of benzene rings is 2. The highest BCUT2D eigenvalue weighted by molar-refractivity contribution is 5.64. The molecule has 138 valence electrons. The summed E-state index contributed by atoms with van der Waals surface area (Å²) in [7, 11) is 1.62. The van der Waals surface area contributed by atoms with Crippen molar-refractivity contribution in [2.75, 3.05) is 19.0 Å². The van der Waals surface area contributed by atoms with Crippen LogP contribution in [0.5, 0.6) is 11.5 Å². The maximum Gasteiger partial charge on any atom is 0.161 e. The van der Waals surface area contributed by atoms with Gasteiger partial charge in [-0.25, -0.2) is 0 Å². The van der Waals surface area contributed by atoms with Gasteiger partial charge in [0.25, 0.3) is 0 Å². The minimum absolute atomic E-state index is 0.482. The van der Waals surface area contributed by atoms with Gasteiger partial charge in [-0.2, -0.15) is 10.4 Å². The molecule has 0 spiro atoms. The standard InChI is InChI=1S/C21H22N4O2/c1-26-20-8-7-16(13-21(20)27-12-3-2-10-22)15-23-18-6-4-5-17(14-18)19-9-11-24-25-19/h4-9,11,13-14,23H,2-3,12,15H2,1H3,(H,24,25). The Kier molecular flexibility index (Phi) is 6.31. The molecular formula is C21H22N4O2. The molecule has 0 aliphatic rings. The first kappa shape index (κ1) is 18.3. The SMILES string of the molecule is COc1ccc(CNc2cccc(-c3ccn[nH]3)c2)cc1OCCCC#N. The Labute approximate surface area is 158 Å². The van der Waals surface area contributed by atoms with E-state index in [4.69, 9.17) is 14.7 Å². The number of rotatable bonds is 9. The van der Waals surface area contributed by atoms with Crippen molar-refractivity contribution in [3.63, 3.8) is 0 Å². The monoisotopic (exact) mass is 362 g/mol. The van der Waals surface area contributed by atoms with Gasteiger partial charge in [0.2, 0.25) is 0 Å². The quantitative estimate of drug-likeness (QED) is 0.552. The number of aromatic nitrogens is 2. The van der Waals surface area contributed by atoms with E-state index in [0.29, 0.717) is 37.5 Å². The molecule has 6 heteroatoms. The molecule has 0 aliphatic carbocycles. The van der Waals surface area contributed by atoms with Crippen LogP contribution in [0.1, 0.15) is 18.4 Å². The average molecular weight is 362 g/mol. The van der Waals surface area contributed by atoms with E-state index in [2.05, 4.69) is 27.6 Å². The van der Waals surface area contributed by atoms with Gasteiger partial charge in [0, 0.05) is 30.4 Å². The molecule has 2 N–H and O–H groups in total. The van der Waals surface area contributed by atoms with Crippen molar-refractivity contribution in [1.29, 1.82) is 5.26 Å². The molecule has 0 unspecified atom stereocenters. The van der Waals surface area contributed by atoms with E-state index >= 15 is 0 Å². The van der Waals surface area contributed by atoms with Gasteiger partial charge in [-0.3, -0.25) is 5.10 Å². The number of hydrogen-bond acceptors (Lipinski definition) is 5. The molecule has 0 aliphatic heterocycles. The average Bonchev–Trinajstić information content (AvgIpc) is 3.25. The van der Waals surface area contributed by atoms with E-state index in [0.717, 1.165) is 22.5 Å². The Bertz CT molecular complexity index is 901. The number of methoxy groups -OCH3 is 1. The minimum atomic E-state index is 0.482. The lowest BCUT2D eigenvalue weighted by atomic mass is 10.1. The summed E-state index contributed by atoms with van der Waals surface area (Å²) in [5.41, 5.74) is 4.16. The molecule has 1 heterocycles. The van der Waals surface area contributed by atoms with Crippen LogP contribution in [-0.4, -0.2) is 23.9 Å². The second-order valence-electron chi connectivity index (χ2n) is 6.00. The number of anilines is 1. The molecule has 0 fully saturated rings. The van der Waals surface area contributed by atoms with Crippen LogP contribution in [0, 0.1) is 11.3 Å². The molecule has 0 amide bonds. The van der Waals surface area contributed by atoms with E-state index in [-0.39, 0.29) is 0 Å². The van der Waals surface area contributed by atoms with Gasteiger partial charge in [0.1, 0.15) is 0 Å². The van der Waals surface area contributed by atoms with Gasteiger partial charge in [-0.1, -0.05) is 18.2 Å². The van der Waals surface area contributed by atoms with Crippen LogP contribution < -0.4 is 14.8 Å². The number of H-pyrrole nitrogens is 1. The molecule has 0 radical (unpaired) electrons. The molecular weight excluding hydrogens is 340 g/mol. The van der Waals surface area contributed by atoms with Crippen LogP contribution in [0.25, 0.3) is 11.3 Å². The molecule has 0 bridgehead atoms. The van der Waals surface area contributed by atoms with Crippen molar-refractivity contribution in [3.8, 4) is 28.8 Å². The largest absolute Gasteiger partial charge is 0.493 e. The van der Waals surface area contributed by atoms with Crippen LogP contribution in [0.3, 0.4) is 0 Å². The predicted octanol–water partition coefficient (Wildman–Crippen LogP) is 4.38. The van der Waals surface area contributed by atoms with E-state index in [9.17, 15) is 0 Å². The molecule has 0 saturated carbocycles. The number of nitriles is 1. The number of ether oxygens (including phenoxy) is 2. The lowest BCUT2D eigenvalue weighted by molar-refractivity contribution is 0.290. The van der Waals surface area contributed by atoms with Crippen molar-refractivity contribution in [1.82, 2.24) is 10.2 Å². The summed E-state index contributed by atoms with van der Waals surface area (Å²) in [6, 6.07) is 18.1. The fourth-order valence-electron chi connectivity index (χ4n) is 2.69.